The molecule has 1 aromatic heterocycles. The van der Waals surface area contributed by atoms with Crippen LogP contribution < -0.4 is 45.2 Å². The molecule has 0 fully saturated rings. The number of fused-ring (bicyclic) bond motifs is 2. The number of rotatable bonds is 6. The summed E-state index contributed by atoms with van der Waals surface area (Å²) in [6.45, 7) is 15.4. The fourth-order valence-corrected chi connectivity index (χ4v) is 7.89. The van der Waals surface area contributed by atoms with Crippen LogP contribution in [0.5, 0.6) is 0 Å². The molecular weight excluding hydrogens is 768 g/mol. The molecule has 278 valence electrons. The van der Waals surface area contributed by atoms with Gasteiger partial charge in [-0.15, -0.1) is 0 Å². The zero-order chi connectivity index (χ0) is 35.1. The Balaban J connectivity index is 0.00000451. The van der Waals surface area contributed by atoms with E-state index in [1.807, 2.05) is 43.3 Å². The van der Waals surface area contributed by atoms with Gasteiger partial charge in [0.25, 0.3) is 5.56 Å². The summed E-state index contributed by atoms with van der Waals surface area (Å²) in [6.07, 6.45) is 10.4. The first-order valence-electron chi connectivity index (χ1n) is 18.8. The molecule has 2 aromatic carbocycles. The van der Waals surface area contributed by atoms with Gasteiger partial charge in [-0.1, -0.05) is 36.4 Å². The molecule has 0 radical (unpaired) electrons. The topological polar surface area (TPSA) is 91.6 Å². The lowest BCUT2D eigenvalue weighted by Crippen LogP contribution is -3.00. The summed E-state index contributed by atoms with van der Waals surface area (Å²) in [5, 5.41) is 19.7. The SMILES string of the molecule is CC[N+]1(Cc2ccccc2C#N)CCCCCC[N+](CC)(Cc2ccccc2C#N)CCCCCn2c(=O)cc(C)n(c2=O)CCCCC1.[Br-].[Br-]. The Morgan fingerprint density at radius 2 is 1.00 bits per heavy atom. The van der Waals surface area contributed by atoms with Gasteiger partial charge in [0.2, 0.25) is 0 Å². The molecule has 8 nitrogen and oxygen atoms in total. The molecule has 51 heavy (non-hydrogen) atoms. The third-order valence-electron chi connectivity index (χ3n) is 11.2. The maximum Gasteiger partial charge on any atom is 0.331 e. The van der Waals surface area contributed by atoms with Gasteiger partial charge < -0.3 is 42.9 Å². The molecule has 4 rings (SSSR count). The first kappa shape index (κ1) is 44.1. The smallest absolute Gasteiger partial charge is 0.331 e. The van der Waals surface area contributed by atoms with Gasteiger partial charge in [0.05, 0.1) is 62.5 Å². The summed E-state index contributed by atoms with van der Waals surface area (Å²) in [4.78, 5) is 26.4. The van der Waals surface area contributed by atoms with Crippen molar-refractivity contribution in [2.45, 2.75) is 111 Å². The second kappa shape index (κ2) is 22.1. The minimum absolute atomic E-state index is 0. The maximum atomic E-state index is 13.5. The average molecular weight is 827 g/mol. The van der Waals surface area contributed by atoms with Gasteiger partial charge in [-0.25, -0.2) is 4.79 Å². The van der Waals surface area contributed by atoms with E-state index in [1.54, 1.807) is 10.6 Å². The van der Waals surface area contributed by atoms with E-state index < -0.39 is 0 Å². The molecule has 2 unspecified atom stereocenters. The van der Waals surface area contributed by atoms with E-state index in [0.717, 1.165) is 141 Å². The minimum Gasteiger partial charge on any atom is -1.00 e. The molecule has 0 saturated heterocycles. The number of quaternary nitrogens is 2. The molecule has 3 aromatic rings. The molecule has 0 spiro atoms. The molecular formula is C41H58Br2N6O2. The number of aromatic nitrogens is 2. The predicted octanol–water partition coefficient (Wildman–Crippen LogP) is 1.06. The number of hydrogen-bond donors (Lipinski definition) is 0. The summed E-state index contributed by atoms with van der Waals surface area (Å²) in [5.74, 6) is 0. The van der Waals surface area contributed by atoms with Crippen LogP contribution in [-0.2, 0) is 26.2 Å². The van der Waals surface area contributed by atoms with Crippen LogP contribution in [0.4, 0.5) is 0 Å². The number of hydrogen-bond acceptors (Lipinski definition) is 4. The van der Waals surface area contributed by atoms with E-state index >= 15 is 0 Å². The molecule has 2 heterocycles. The lowest BCUT2D eigenvalue weighted by molar-refractivity contribution is -0.940. The highest BCUT2D eigenvalue weighted by Gasteiger charge is 2.28. The van der Waals surface area contributed by atoms with Gasteiger partial charge in [-0.3, -0.25) is 13.9 Å². The van der Waals surface area contributed by atoms with Gasteiger partial charge in [-0.05, 0) is 97.1 Å². The van der Waals surface area contributed by atoms with Crippen LogP contribution in [0.25, 0.3) is 0 Å². The molecule has 0 aliphatic carbocycles. The fourth-order valence-electron chi connectivity index (χ4n) is 7.89. The lowest BCUT2D eigenvalue weighted by atomic mass is 10.0. The molecule has 0 amide bonds. The Morgan fingerprint density at radius 1 is 0.608 bits per heavy atom. The molecule has 1 aliphatic rings. The van der Waals surface area contributed by atoms with E-state index in [-0.39, 0.29) is 45.2 Å². The Labute approximate surface area is 327 Å². The monoisotopic (exact) mass is 824 g/mol. The summed E-state index contributed by atoms with van der Waals surface area (Å²) in [6, 6.07) is 22.5. The van der Waals surface area contributed by atoms with E-state index in [0.29, 0.717) is 13.1 Å². The molecule has 2 bridgehead atoms. The van der Waals surface area contributed by atoms with E-state index in [9.17, 15) is 20.1 Å². The third kappa shape index (κ3) is 12.3. The zero-order valence-electron chi connectivity index (χ0n) is 31.1. The number of benzene rings is 2. The standard InChI is InChI=1S/C41H58N6O2.2BrH/c1-4-46(33-38-22-12-10-20-36(38)31-42)26-16-6-7-17-27-47(5-2,34-39-23-13-11-21-37(39)32-43)29-19-9-15-25-45-40(48)30-35(3)44(41(45)49)24-14-8-18-28-46;;/h10-13,20-23,30H,4-9,14-19,24-29,33-34H2,1-3H3;2*1H/q+2;;/p-2. The quantitative estimate of drug-likeness (QED) is 0.348. The van der Waals surface area contributed by atoms with Crippen LogP contribution in [0.15, 0.2) is 64.2 Å². The first-order valence-corrected chi connectivity index (χ1v) is 18.8. The maximum absolute atomic E-state index is 13.5. The number of nitrogens with zero attached hydrogens (tertiary/aromatic N) is 6. The average Bonchev–Trinajstić information content (AvgIpc) is 3.11. The molecule has 10 heteroatoms. The highest BCUT2D eigenvalue weighted by molar-refractivity contribution is 5.37. The van der Waals surface area contributed by atoms with E-state index in [2.05, 4.69) is 38.1 Å². The van der Waals surface area contributed by atoms with Crippen LogP contribution in [0.1, 0.15) is 106 Å². The van der Waals surface area contributed by atoms with Gasteiger partial charge in [-0.2, -0.15) is 10.5 Å². The highest BCUT2D eigenvalue weighted by Crippen LogP contribution is 2.24. The molecule has 0 saturated carbocycles. The Kier molecular flexibility index (Phi) is 19.2. The van der Waals surface area contributed by atoms with Gasteiger partial charge in [0.15, 0.2) is 0 Å². The second-order valence-corrected chi connectivity index (χ2v) is 14.3. The largest absolute Gasteiger partial charge is 1.00 e. The van der Waals surface area contributed by atoms with Crippen molar-refractivity contribution in [3.8, 4) is 12.1 Å². The van der Waals surface area contributed by atoms with Crippen LogP contribution in [0, 0.1) is 29.6 Å². The normalized spacial score (nSPS) is 21.0. The third-order valence-corrected chi connectivity index (χ3v) is 11.2. The summed E-state index contributed by atoms with van der Waals surface area (Å²) < 4.78 is 5.13. The van der Waals surface area contributed by atoms with Crippen molar-refractivity contribution in [3.63, 3.8) is 0 Å². The van der Waals surface area contributed by atoms with Crippen LogP contribution >= 0.6 is 0 Å². The second-order valence-electron chi connectivity index (χ2n) is 14.3. The zero-order valence-corrected chi connectivity index (χ0v) is 34.3. The van der Waals surface area contributed by atoms with Crippen molar-refractivity contribution in [1.29, 1.82) is 10.5 Å². The van der Waals surface area contributed by atoms with Crippen molar-refractivity contribution >= 4 is 0 Å². The fraction of sp³-hybridized carbons (Fsp3) is 0.561. The van der Waals surface area contributed by atoms with E-state index in [1.165, 1.54) is 17.4 Å². The molecule has 1 aliphatic heterocycles. The predicted molar refractivity (Wildman–Crippen MR) is 197 cm³/mol. The van der Waals surface area contributed by atoms with E-state index in [4.69, 9.17) is 0 Å². The van der Waals surface area contributed by atoms with Crippen molar-refractivity contribution in [2.75, 3.05) is 39.3 Å². The minimum atomic E-state index is -0.202. The van der Waals surface area contributed by atoms with Crippen LogP contribution in [-0.4, -0.2) is 57.4 Å². The summed E-state index contributed by atoms with van der Waals surface area (Å²) in [5.41, 5.74) is 4.13. The van der Waals surface area contributed by atoms with Crippen molar-refractivity contribution in [1.82, 2.24) is 9.13 Å². The van der Waals surface area contributed by atoms with Crippen LogP contribution in [0.3, 0.4) is 0 Å². The van der Waals surface area contributed by atoms with Gasteiger partial charge in [0, 0.05) is 36.0 Å². The molecule has 0 N–H and O–H groups in total. The van der Waals surface area contributed by atoms with Crippen molar-refractivity contribution in [3.05, 3.63) is 103 Å². The van der Waals surface area contributed by atoms with Crippen molar-refractivity contribution < 1.29 is 42.9 Å². The Morgan fingerprint density at radius 3 is 1.41 bits per heavy atom. The molecule has 2 atom stereocenters. The Bertz CT molecular complexity index is 1720. The Hall–Kier alpha value is -3.02. The number of aryl methyl sites for hydroxylation is 1. The highest BCUT2D eigenvalue weighted by atomic mass is 79.9. The van der Waals surface area contributed by atoms with Gasteiger partial charge >= 0.3 is 5.69 Å². The summed E-state index contributed by atoms with van der Waals surface area (Å²) >= 11 is 0. The first-order chi connectivity index (χ1) is 23.8. The van der Waals surface area contributed by atoms with Crippen molar-refractivity contribution in [2.24, 2.45) is 0 Å². The lowest BCUT2D eigenvalue weighted by Gasteiger charge is -2.39. The number of halogens is 2. The van der Waals surface area contributed by atoms with Gasteiger partial charge in [0.1, 0.15) is 13.1 Å². The summed E-state index contributed by atoms with van der Waals surface area (Å²) in [7, 11) is 0. The van der Waals surface area contributed by atoms with Crippen LogP contribution in [0.2, 0.25) is 0 Å². The number of nitriles is 2.